The molecular formula is C19H19N3O2. The largest absolute Gasteiger partial charge is 0.366 e. The second-order valence-corrected chi connectivity index (χ2v) is 5.77. The molecule has 122 valence electrons. The summed E-state index contributed by atoms with van der Waals surface area (Å²) < 4.78 is 1.99. The Kier molecular flexibility index (Phi) is 4.33. The molecule has 1 heterocycles. The van der Waals surface area contributed by atoms with E-state index in [2.05, 4.69) is 11.4 Å². The lowest BCUT2D eigenvalue weighted by atomic mass is 10.1. The Balaban J connectivity index is 1.68. The molecule has 2 aromatic carbocycles. The van der Waals surface area contributed by atoms with Crippen molar-refractivity contribution in [2.24, 2.45) is 5.73 Å². The number of nitrogens with one attached hydrogen (secondary N) is 1. The summed E-state index contributed by atoms with van der Waals surface area (Å²) in [4.78, 5) is 23.5. The lowest BCUT2D eigenvalue weighted by molar-refractivity contribution is -0.121. The molecule has 0 aliphatic heterocycles. The number of hydrogen-bond acceptors (Lipinski definition) is 2. The minimum Gasteiger partial charge on any atom is -0.366 e. The number of aromatic nitrogens is 1. The van der Waals surface area contributed by atoms with E-state index < -0.39 is 5.91 Å². The van der Waals surface area contributed by atoms with Gasteiger partial charge in [-0.2, -0.15) is 0 Å². The van der Waals surface area contributed by atoms with Crippen LogP contribution >= 0.6 is 0 Å². The molecule has 3 aromatic rings. The molecule has 24 heavy (non-hydrogen) atoms. The first-order valence-corrected chi connectivity index (χ1v) is 7.75. The van der Waals surface area contributed by atoms with Gasteiger partial charge in [0.2, 0.25) is 11.8 Å². The highest BCUT2D eigenvalue weighted by Crippen LogP contribution is 2.18. The van der Waals surface area contributed by atoms with Gasteiger partial charge in [-0.05, 0) is 42.1 Å². The molecule has 0 aliphatic carbocycles. The van der Waals surface area contributed by atoms with E-state index in [9.17, 15) is 9.59 Å². The zero-order chi connectivity index (χ0) is 17.1. The molecule has 0 unspecified atom stereocenters. The summed E-state index contributed by atoms with van der Waals surface area (Å²) in [6.07, 6.45) is 0. The van der Waals surface area contributed by atoms with Gasteiger partial charge in [0.25, 0.3) is 0 Å². The molecular weight excluding hydrogens is 302 g/mol. The first-order valence-electron chi connectivity index (χ1n) is 7.75. The number of benzene rings is 2. The smallest absolute Gasteiger partial charge is 0.248 e. The minimum absolute atomic E-state index is 0.0797. The summed E-state index contributed by atoms with van der Waals surface area (Å²) in [5.74, 6) is -0.554. The van der Waals surface area contributed by atoms with Crippen LogP contribution in [0.3, 0.4) is 0 Å². The zero-order valence-corrected chi connectivity index (χ0v) is 13.5. The molecule has 0 aliphatic rings. The zero-order valence-electron chi connectivity index (χ0n) is 13.5. The van der Waals surface area contributed by atoms with Crippen molar-refractivity contribution in [1.82, 2.24) is 9.88 Å². The highest BCUT2D eigenvalue weighted by atomic mass is 16.2. The molecule has 3 N–H and O–H groups in total. The Bertz CT molecular complexity index is 912. The van der Waals surface area contributed by atoms with Crippen LogP contribution in [0.15, 0.2) is 54.6 Å². The average molecular weight is 321 g/mol. The number of nitrogens with zero attached hydrogens (tertiary/aromatic N) is 1. The van der Waals surface area contributed by atoms with Crippen molar-refractivity contribution in [3.8, 4) is 0 Å². The second-order valence-electron chi connectivity index (χ2n) is 5.77. The summed E-state index contributed by atoms with van der Waals surface area (Å²) in [5.41, 5.74) is 8.64. The number of carbonyl (C=O) groups excluding carboxylic acids is 2. The third kappa shape index (κ3) is 3.30. The fourth-order valence-electron chi connectivity index (χ4n) is 2.79. The van der Waals surface area contributed by atoms with Crippen LogP contribution < -0.4 is 11.1 Å². The van der Waals surface area contributed by atoms with E-state index in [-0.39, 0.29) is 12.5 Å². The Hall–Kier alpha value is -3.08. The van der Waals surface area contributed by atoms with Crippen LogP contribution in [0.2, 0.25) is 0 Å². The van der Waals surface area contributed by atoms with E-state index in [1.807, 2.05) is 41.8 Å². The van der Waals surface area contributed by atoms with Gasteiger partial charge >= 0.3 is 0 Å². The van der Waals surface area contributed by atoms with Gasteiger partial charge in [0.15, 0.2) is 0 Å². The summed E-state index contributed by atoms with van der Waals surface area (Å²) in [7, 11) is 0. The van der Waals surface area contributed by atoms with E-state index in [4.69, 9.17) is 5.73 Å². The molecule has 0 atom stereocenters. The van der Waals surface area contributed by atoms with Gasteiger partial charge in [0.1, 0.15) is 6.54 Å². The van der Waals surface area contributed by atoms with Gasteiger partial charge in [-0.25, -0.2) is 0 Å². The Labute approximate surface area is 140 Å². The molecule has 5 nitrogen and oxygen atoms in total. The predicted molar refractivity (Wildman–Crippen MR) is 93.5 cm³/mol. The van der Waals surface area contributed by atoms with Crippen LogP contribution in [0.4, 0.5) is 0 Å². The molecule has 0 spiro atoms. The van der Waals surface area contributed by atoms with Gasteiger partial charge in [0.05, 0.1) is 0 Å². The summed E-state index contributed by atoms with van der Waals surface area (Å²) in [6, 6.07) is 17.0. The summed E-state index contributed by atoms with van der Waals surface area (Å²) in [6.45, 7) is 2.61. The van der Waals surface area contributed by atoms with Gasteiger partial charge in [0, 0.05) is 23.3 Å². The van der Waals surface area contributed by atoms with Gasteiger partial charge in [-0.3, -0.25) is 9.59 Å². The molecule has 3 rings (SSSR count). The molecule has 1 aromatic heterocycles. The monoisotopic (exact) mass is 321 g/mol. The lowest BCUT2D eigenvalue weighted by Gasteiger charge is -2.10. The highest BCUT2D eigenvalue weighted by Gasteiger charge is 2.09. The van der Waals surface area contributed by atoms with Crippen LogP contribution in [0.25, 0.3) is 10.9 Å². The third-order valence-corrected chi connectivity index (χ3v) is 4.02. The number of primary amides is 1. The van der Waals surface area contributed by atoms with E-state index in [0.29, 0.717) is 12.1 Å². The van der Waals surface area contributed by atoms with Crippen molar-refractivity contribution in [1.29, 1.82) is 0 Å². The van der Waals surface area contributed by atoms with E-state index >= 15 is 0 Å². The van der Waals surface area contributed by atoms with Gasteiger partial charge in [-0.1, -0.05) is 30.3 Å². The molecule has 2 amide bonds. The molecule has 0 saturated carbocycles. The fourth-order valence-corrected chi connectivity index (χ4v) is 2.79. The number of rotatable bonds is 5. The molecule has 0 radical (unpaired) electrons. The predicted octanol–water partition coefficient (Wildman–Crippen LogP) is 2.37. The quantitative estimate of drug-likeness (QED) is 0.757. The average Bonchev–Trinajstić information content (AvgIpc) is 2.89. The first-order chi connectivity index (χ1) is 11.5. The molecule has 0 saturated heterocycles. The van der Waals surface area contributed by atoms with Crippen molar-refractivity contribution in [2.75, 3.05) is 0 Å². The summed E-state index contributed by atoms with van der Waals surface area (Å²) in [5, 5.41) is 4.01. The number of hydrogen-bond donors (Lipinski definition) is 2. The minimum atomic E-state index is -0.474. The Morgan fingerprint density at radius 2 is 1.88 bits per heavy atom. The maximum Gasteiger partial charge on any atom is 0.248 e. The van der Waals surface area contributed by atoms with Crippen molar-refractivity contribution in [3.63, 3.8) is 0 Å². The van der Waals surface area contributed by atoms with Crippen molar-refractivity contribution in [2.45, 2.75) is 20.0 Å². The number of para-hydroxylation sites is 1. The number of nitrogens with two attached hydrogens (primary N) is 1. The number of amides is 2. The Morgan fingerprint density at radius 3 is 2.67 bits per heavy atom. The number of aryl methyl sites for hydroxylation is 1. The van der Waals surface area contributed by atoms with Crippen LogP contribution in [-0.4, -0.2) is 16.4 Å². The molecule has 0 bridgehead atoms. The van der Waals surface area contributed by atoms with Gasteiger partial charge in [-0.15, -0.1) is 0 Å². The van der Waals surface area contributed by atoms with Crippen LogP contribution in [0, 0.1) is 6.92 Å². The molecule has 0 fully saturated rings. The lowest BCUT2D eigenvalue weighted by Crippen LogP contribution is -2.27. The number of fused-ring (bicyclic) bond motifs is 1. The SMILES string of the molecule is Cc1cc2ccccc2n1CC(=O)NCc1cccc(C(N)=O)c1. The summed E-state index contributed by atoms with van der Waals surface area (Å²) >= 11 is 0. The highest BCUT2D eigenvalue weighted by molar-refractivity contribution is 5.93. The fraction of sp³-hybridized carbons (Fsp3) is 0.158. The normalized spacial score (nSPS) is 10.7. The third-order valence-electron chi connectivity index (χ3n) is 4.02. The van der Waals surface area contributed by atoms with Crippen LogP contribution in [0.5, 0.6) is 0 Å². The van der Waals surface area contributed by atoms with E-state index in [1.165, 1.54) is 0 Å². The number of carbonyl (C=O) groups is 2. The van der Waals surface area contributed by atoms with Gasteiger partial charge < -0.3 is 15.6 Å². The van der Waals surface area contributed by atoms with E-state index in [1.54, 1.807) is 18.2 Å². The Morgan fingerprint density at radius 1 is 1.08 bits per heavy atom. The standard InChI is InChI=1S/C19H19N3O2/c1-13-9-15-6-2-3-8-17(15)22(13)12-18(23)21-11-14-5-4-7-16(10-14)19(20)24/h2-10H,11-12H2,1H3,(H2,20,24)(H,21,23). The van der Waals surface area contributed by atoms with Crippen molar-refractivity contribution < 1.29 is 9.59 Å². The van der Waals surface area contributed by atoms with Crippen LogP contribution in [0.1, 0.15) is 21.6 Å². The van der Waals surface area contributed by atoms with Crippen molar-refractivity contribution in [3.05, 3.63) is 71.4 Å². The topological polar surface area (TPSA) is 77.1 Å². The maximum atomic E-state index is 12.3. The second kappa shape index (κ2) is 6.58. The first kappa shape index (κ1) is 15.8. The molecule has 5 heteroatoms. The maximum absolute atomic E-state index is 12.3. The van der Waals surface area contributed by atoms with Crippen molar-refractivity contribution >= 4 is 22.7 Å². The van der Waals surface area contributed by atoms with E-state index in [0.717, 1.165) is 22.2 Å². The van der Waals surface area contributed by atoms with Crippen LogP contribution in [-0.2, 0) is 17.9 Å².